The van der Waals surface area contributed by atoms with Gasteiger partial charge in [-0.3, -0.25) is 9.48 Å². The highest BCUT2D eigenvalue weighted by Crippen LogP contribution is 2.42. The van der Waals surface area contributed by atoms with Crippen LogP contribution in [0.5, 0.6) is 0 Å². The van der Waals surface area contributed by atoms with Crippen LogP contribution in [0.2, 0.25) is 0 Å². The van der Waals surface area contributed by atoms with Gasteiger partial charge in [0.15, 0.2) is 9.84 Å². The van der Waals surface area contributed by atoms with Crippen molar-refractivity contribution >= 4 is 15.7 Å². The van der Waals surface area contributed by atoms with Crippen molar-refractivity contribution in [1.29, 1.82) is 0 Å². The summed E-state index contributed by atoms with van der Waals surface area (Å²) in [5.41, 5.74) is 1.25. The third-order valence-corrected chi connectivity index (χ3v) is 7.19. The third-order valence-electron chi connectivity index (χ3n) is 5.44. The number of nitrogens with zero attached hydrogens (tertiary/aromatic N) is 3. The van der Waals surface area contributed by atoms with Crippen LogP contribution in [0.15, 0.2) is 6.07 Å². The van der Waals surface area contributed by atoms with E-state index in [-0.39, 0.29) is 29.0 Å². The monoisotopic (exact) mass is 368 g/mol. The molecule has 3 rings (SSSR count). The Morgan fingerprint density at radius 2 is 2.04 bits per heavy atom. The highest BCUT2D eigenvalue weighted by molar-refractivity contribution is 7.91. The van der Waals surface area contributed by atoms with Gasteiger partial charge in [-0.25, -0.2) is 8.42 Å². The summed E-state index contributed by atoms with van der Waals surface area (Å²) in [5.74, 6) is 0.551. The fourth-order valence-electron chi connectivity index (χ4n) is 3.01. The maximum absolute atomic E-state index is 12.5. The van der Waals surface area contributed by atoms with Gasteiger partial charge in [0.25, 0.3) is 5.91 Å². The first-order valence-corrected chi connectivity index (χ1v) is 10.7. The molecule has 1 aliphatic carbocycles. The average Bonchev–Trinajstić information content (AvgIpc) is 3.17. The van der Waals surface area contributed by atoms with Gasteiger partial charge in [0.05, 0.1) is 17.5 Å². The molecule has 25 heavy (non-hydrogen) atoms. The summed E-state index contributed by atoms with van der Waals surface area (Å²) in [4.78, 5) is 14.6. The van der Waals surface area contributed by atoms with E-state index in [2.05, 4.69) is 29.2 Å². The molecular formula is C17H28N4O3S. The van der Waals surface area contributed by atoms with Gasteiger partial charge in [0.1, 0.15) is 5.69 Å². The lowest BCUT2D eigenvalue weighted by Crippen LogP contribution is -2.48. The summed E-state index contributed by atoms with van der Waals surface area (Å²) in [6.45, 7) is 4.64. The van der Waals surface area contributed by atoms with Gasteiger partial charge >= 0.3 is 0 Å². The molecular weight excluding hydrogens is 340 g/mol. The molecule has 0 radical (unpaired) electrons. The summed E-state index contributed by atoms with van der Waals surface area (Å²) < 4.78 is 25.4. The van der Waals surface area contributed by atoms with Crippen molar-refractivity contribution in [3.63, 3.8) is 0 Å². The Hall–Kier alpha value is -1.41. The molecule has 2 heterocycles. The molecule has 1 aromatic heterocycles. The number of hydrogen-bond acceptors (Lipinski definition) is 5. The summed E-state index contributed by atoms with van der Waals surface area (Å²) in [7, 11) is 0.975. The van der Waals surface area contributed by atoms with E-state index in [4.69, 9.17) is 0 Å². The predicted molar refractivity (Wildman–Crippen MR) is 96.6 cm³/mol. The molecule has 7 nitrogen and oxygen atoms in total. The molecule has 1 aliphatic heterocycles. The number of rotatable bonds is 6. The molecule has 140 valence electrons. The molecule has 0 aromatic carbocycles. The molecule has 1 saturated carbocycles. The smallest absolute Gasteiger partial charge is 0.271 e. The summed E-state index contributed by atoms with van der Waals surface area (Å²) in [6, 6.07) is 1.71. The fraction of sp³-hybridized carbons (Fsp3) is 0.765. The Kier molecular flexibility index (Phi) is 4.70. The number of aromatic nitrogens is 2. The number of hydrogen-bond donors (Lipinski definition) is 1. The van der Waals surface area contributed by atoms with E-state index in [0.717, 1.165) is 18.5 Å². The molecule has 0 bridgehead atoms. The van der Waals surface area contributed by atoms with E-state index in [9.17, 15) is 13.2 Å². The second-order valence-electron chi connectivity index (χ2n) is 8.12. The van der Waals surface area contributed by atoms with Crippen LogP contribution in [-0.2, 0) is 9.84 Å². The van der Waals surface area contributed by atoms with Gasteiger partial charge in [-0.2, -0.15) is 5.10 Å². The van der Waals surface area contributed by atoms with Crippen LogP contribution < -0.4 is 5.32 Å². The zero-order chi connectivity index (χ0) is 18.4. The van der Waals surface area contributed by atoms with Crippen LogP contribution in [0.4, 0.5) is 0 Å². The van der Waals surface area contributed by atoms with Gasteiger partial charge < -0.3 is 10.2 Å². The Balaban J connectivity index is 1.76. The van der Waals surface area contributed by atoms with Gasteiger partial charge in [-0.15, -0.1) is 0 Å². The second-order valence-corrected chi connectivity index (χ2v) is 10.3. The zero-order valence-corrected chi connectivity index (χ0v) is 16.3. The van der Waals surface area contributed by atoms with E-state index in [1.807, 2.05) is 24.8 Å². The summed E-state index contributed by atoms with van der Waals surface area (Å²) in [6.07, 6.45) is 2.75. The number of carbonyl (C=O) groups excluding carboxylic acids is 1. The van der Waals surface area contributed by atoms with Crippen molar-refractivity contribution in [2.24, 2.45) is 0 Å². The topological polar surface area (TPSA) is 84.3 Å². The van der Waals surface area contributed by atoms with Crippen LogP contribution in [-0.4, -0.2) is 66.7 Å². The van der Waals surface area contributed by atoms with Crippen LogP contribution >= 0.6 is 0 Å². The SMILES string of the molecule is CN(C)C(C)(C)CNC(=O)c1cc(C2CC2)n(C2CCS(=O)(=O)C2)n1. The maximum atomic E-state index is 12.5. The van der Waals surface area contributed by atoms with Crippen LogP contribution in [0, 0.1) is 0 Å². The fourth-order valence-corrected chi connectivity index (χ4v) is 4.70. The molecule has 2 aliphatic rings. The standard InChI is InChI=1S/C17H28N4O3S/c1-17(2,20(3)4)11-18-16(22)14-9-15(12-5-6-12)21(19-14)13-7-8-25(23,24)10-13/h9,12-13H,5-8,10-11H2,1-4H3,(H,18,22). The van der Waals surface area contributed by atoms with Gasteiger partial charge in [-0.1, -0.05) is 0 Å². The number of amides is 1. The van der Waals surface area contributed by atoms with Gasteiger partial charge in [-0.05, 0) is 53.3 Å². The largest absolute Gasteiger partial charge is 0.349 e. The minimum absolute atomic E-state index is 0.128. The lowest BCUT2D eigenvalue weighted by atomic mass is 10.0. The highest BCUT2D eigenvalue weighted by atomic mass is 32.2. The first kappa shape index (κ1) is 18.4. The van der Waals surface area contributed by atoms with E-state index >= 15 is 0 Å². The zero-order valence-electron chi connectivity index (χ0n) is 15.4. The molecule has 1 unspecified atom stereocenters. The minimum atomic E-state index is -2.98. The maximum Gasteiger partial charge on any atom is 0.271 e. The Morgan fingerprint density at radius 3 is 2.56 bits per heavy atom. The molecule has 1 aromatic rings. The van der Waals surface area contributed by atoms with Gasteiger partial charge in [0, 0.05) is 23.7 Å². The normalized spacial score (nSPS) is 23.2. The van der Waals surface area contributed by atoms with Crippen molar-refractivity contribution in [2.45, 2.75) is 50.6 Å². The molecule has 1 amide bonds. The van der Waals surface area contributed by atoms with Crippen LogP contribution in [0.1, 0.15) is 61.3 Å². The summed E-state index contributed by atoms with van der Waals surface area (Å²) >= 11 is 0. The van der Waals surface area contributed by atoms with E-state index in [0.29, 0.717) is 24.6 Å². The molecule has 1 atom stereocenters. The number of nitrogens with one attached hydrogen (secondary N) is 1. The second kappa shape index (κ2) is 6.39. The van der Waals surface area contributed by atoms with Crippen molar-refractivity contribution in [1.82, 2.24) is 20.0 Å². The molecule has 0 spiro atoms. The average molecular weight is 369 g/mol. The Bertz CT molecular complexity index is 763. The predicted octanol–water partition coefficient (Wildman–Crippen LogP) is 1.19. The van der Waals surface area contributed by atoms with Crippen molar-refractivity contribution < 1.29 is 13.2 Å². The van der Waals surface area contributed by atoms with Crippen molar-refractivity contribution in [2.75, 3.05) is 32.1 Å². The van der Waals surface area contributed by atoms with E-state index in [1.54, 1.807) is 0 Å². The molecule has 8 heteroatoms. The number of carbonyl (C=O) groups is 1. The lowest BCUT2D eigenvalue weighted by molar-refractivity contribution is 0.0913. The van der Waals surface area contributed by atoms with E-state index < -0.39 is 9.84 Å². The first-order chi connectivity index (χ1) is 11.6. The quantitative estimate of drug-likeness (QED) is 0.815. The third kappa shape index (κ3) is 4.06. The molecule has 1 saturated heterocycles. The van der Waals surface area contributed by atoms with Crippen LogP contribution in [0.25, 0.3) is 0 Å². The number of sulfone groups is 1. The molecule has 2 fully saturated rings. The lowest BCUT2D eigenvalue weighted by Gasteiger charge is -2.32. The highest BCUT2D eigenvalue weighted by Gasteiger charge is 2.36. The van der Waals surface area contributed by atoms with Crippen molar-refractivity contribution in [3.8, 4) is 0 Å². The Labute approximate surface area is 149 Å². The van der Waals surface area contributed by atoms with Crippen LogP contribution in [0.3, 0.4) is 0 Å². The van der Waals surface area contributed by atoms with Gasteiger partial charge in [0.2, 0.25) is 0 Å². The van der Waals surface area contributed by atoms with Crippen molar-refractivity contribution in [3.05, 3.63) is 17.5 Å². The first-order valence-electron chi connectivity index (χ1n) is 8.84. The number of likely N-dealkylation sites (N-methyl/N-ethyl adjacent to an activating group) is 1. The minimum Gasteiger partial charge on any atom is -0.349 e. The Morgan fingerprint density at radius 1 is 1.36 bits per heavy atom. The summed E-state index contributed by atoms with van der Waals surface area (Å²) in [5, 5.41) is 7.44. The van der Waals surface area contributed by atoms with E-state index in [1.165, 1.54) is 0 Å². The molecule has 1 N–H and O–H groups in total.